The van der Waals surface area contributed by atoms with Gasteiger partial charge in [0.15, 0.2) is 0 Å². The molecule has 4 nitrogen and oxygen atoms in total. The molecule has 2 aromatic carbocycles. The van der Waals surface area contributed by atoms with E-state index in [9.17, 15) is 13.6 Å². The summed E-state index contributed by atoms with van der Waals surface area (Å²) in [6, 6.07) is 12.2. The van der Waals surface area contributed by atoms with Gasteiger partial charge in [0.2, 0.25) is 11.7 Å². The van der Waals surface area contributed by atoms with Crippen molar-refractivity contribution >= 4 is 11.7 Å². The smallest absolute Gasteiger partial charge is 0.221 e. The van der Waals surface area contributed by atoms with Gasteiger partial charge in [-0.15, -0.1) is 0 Å². The van der Waals surface area contributed by atoms with Gasteiger partial charge in [0.1, 0.15) is 17.3 Å². The maximum Gasteiger partial charge on any atom is 0.221 e. The lowest BCUT2D eigenvalue weighted by Gasteiger charge is -2.06. The van der Waals surface area contributed by atoms with Gasteiger partial charge in [-0.25, -0.2) is 18.7 Å². The van der Waals surface area contributed by atoms with E-state index in [1.807, 2.05) is 0 Å². The number of carbonyl (C=O) groups is 1. The van der Waals surface area contributed by atoms with Crippen LogP contribution in [0.3, 0.4) is 0 Å². The molecule has 0 fully saturated rings. The number of hydrogen-bond acceptors (Lipinski definition) is 4. The number of nitrogen functional groups attached to an aromatic ring is 1. The molecule has 0 amide bonds. The highest BCUT2D eigenvalue weighted by atomic mass is 19.1. The highest BCUT2D eigenvalue weighted by Gasteiger charge is 2.14. The van der Waals surface area contributed by atoms with Crippen molar-refractivity contribution in [2.75, 3.05) is 5.73 Å². The van der Waals surface area contributed by atoms with Crippen molar-refractivity contribution in [3.05, 3.63) is 77.5 Å². The zero-order valence-electron chi connectivity index (χ0n) is 11.8. The topological polar surface area (TPSA) is 68.9 Å². The second kappa shape index (κ2) is 5.92. The van der Waals surface area contributed by atoms with E-state index >= 15 is 0 Å². The summed E-state index contributed by atoms with van der Waals surface area (Å²) in [6.45, 7) is 0. The molecule has 2 N–H and O–H groups in total. The van der Waals surface area contributed by atoms with Crippen LogP contribution < -0.4 is 5.73 Å². The number of aromatic nitrogens is 2. The van der Waals surface area contributed by atoms with Crippen molar-refractivity contribution in [1.29, 1.82) is 0 Å². The molecule has 0 atom stereocenters. The Hall–Kier alpha value is -3.15. The normalized spacial score (nSPS) is 10.5. The van der Waals surface area contributed by atoms with Crippen molar-refractivity contribution in [2.24, 2.45) is 0 Å². The van der Waals surface area contributed by atoms with E-state index in [2.05, 4.69) is 9.97 Å². The van der Waals surface area contributed by atoms with E-state index in [1.54, 1.807) is 0 Å². The fraction of sp³-hybridized carbons (Fsp3) is 0. The van der Waals surface area contributed by atoms with E-state index in [1.165, 1.54) is 54.6 Å². The van der Waals surface area contributed by atoms with Crippen molar-refractivity contribution in [3.8, 4) is 11.3 Å². The lowest BCUT2D eigenvalue weighted by molar-refractivity contribution is 0.103. The van der Waals surface area contributed by atoms with Crippen molar-refractivity contribution in [1.82, 2.24) is 9.97 Å². The minimum atomic E-state index is -0.434. The van der Waals surface area contributed by atoms with Crippen molar-refractivity contribution in [2.45, 2.75) is 0 Å². The van der Waals surface area contributed by atoms with Crippen molar-refractivity contribution < 1.29 is 13.6 Å². The lowest BCUT2D eigenvalue weighted by Crippen LogP contribution is -2.08. The standard InChI is InChI=1S/C17H11F2N3O/c18-12-5-1-10(2-6-12)14-9-15(22-17(20)21-14)16(23)11-3-7-13(19)8-4-11/h1-9H,(H2,20,21,22). The summed E-state index contributed by atoms with van der Waals surface area (Å²) in [7, 11) is 0. The van der Waals surface area contributed by atoms with Crippen LogP contribution >= 0.6 is 0 Å². The van der Waals surface area contributed by atoms with Gasteiger partial charge < -0.3 is 5.73 Å². The Morgan fingerprint density at radius 1 is 0.870 bits per heavy atom. The van der Waals surface area contributed by atoms with Crippen LogP contribution in [-0.4, -0.2) is 15.8 Å². The second-order valence-corrected chi connectivity index (χ2v) is 4.84. The molecule has 0 unspecified atom stereocenters. The molecular formula is C17H11F2N3O. The number of rotatable bonds is 3. The minimum Gasteiger partial charge on any atom is -0.368 e. The third kappa shape index (κ3) is 3.21. The minimum absolute atomic E-state index is 0.0720. The fourth-order valence-corrected chi connectivity index (χ4v) is 2.10. The number of ketones is 1. The Labute approximate surface area is 130 Å². The maximum atomic E-state index is 13.0. The summed E-state index contributed by atoms with van der Waals surface area (Å²) < 4.78 is 25.9. The average molecular weight is 311 g/mol. The van der Waals surface area contributed by atoms with E-state index in [4.69, 9.17) is 5.73 Å². The van der Waals surface area contributed by atoms with Crippen LogP contribution in [0, 0.1) is 11.6 Å². The third-order valence-electron chi connectivity index (χ3n) is 3.22. The first kappa shape index (κ1) is 14.8. The van der Waals surface area contributed by atoms with E-state index in [-0.39, 0.29) is 23.0 Å². The number of carbonyl (C=O) groups excluding carboxylic acids is 1. The number of benzene rings is 2. The summed E-state index contributed by atoms with van der Waals surface area (Å²) in [5, 5.41) is 0. The highest BCUT2D eigenvalue weighted by molar-refractivity contribution is 6.08. The van der Waals surface area contributed by atoms with Gasteiger partial charge in [0.05, 0.1) is 5.69 Å². The molecule has 3 rings (SSSR count). The Kier molecular flexibility index (Phi) is 3.80. The van der Waals surface area contributed by atoms with Gasteiger partial charge in [-0.05, 0) is 54.6 Å². The quantitative estimate of drug-likeness (QED) is 0.754. The molecule has 1 aromatic heterocycles. The number of anilines is 1. The van der Waals surface area contributed by atoms with Gasteiger partial charge in [-0.3, -0.25) is 4.79 Å². The Balaban J connectivity index is 2.01. The van der Waals surface area contributed by atoms with Crippen LogP contribution in [0.1, 0.15) is 16.1 Å². The molecule has 23 heavy (non-hydrogen) atoms. The summed E-state index contributed by atoms with van der Waals surface area (Å²) in [4.78, 5) is 20.4. The zero-order chi connectivity index (χ0) is 16.4. The van der Waals surface area contributed by atoms with Gasteiger partial charge in [-0.1, -0.05) is 0 Å². The van der Waals surface area contributed by atoms with Crippen LogP contribution in [0.15, 0.2) is 54.6 Å². The van der Waals surface area contributed by atoms with Crippen LogP contribution in [0.2, 0.25) is 0 Å². The summed E-state index contributed by atoms with van der Waals surface area (Å²) in [6.07, 6.45) is 0. The zero-order valence-corrected chi connectivity index (χ0v) is 11.8. The van der Waals surface area contributed by atoms with E-state index in [0.29, 0.717) is 11.3 Å². The SMILES string of the molecule is Nc1nc(C(=O)c2ccc(F)cc2)cc(-c2ccc(F)cc2)n1. The molecule has 0 aliphatic heterocycles. The first-order valence-corrected chi connectivity index (χ1v) is 6.74. The third-order valence-corrected chi connectivity index (χ3v) is 3.22. The number of hydrogen-bond donors (Lipinski definition) is 1. The number of nitrogens with two attached hydrogens (primary N) is 1. The van der Waals surface area contributed by atoms with Crippen LogP contribution in [-0.2, 0) is 0 Å². The molecule has 0 radical (unpaired) electrons. The summed E-state index contributed by atoms with van der Waals surface area (Å²) in [5.74, 6) is -1.28. The predicted octanol–water partition coefficient (Wildman–Crippen LogP) is 3.24. The molecular weight excluding hydrogens is 300 g/mol. The van der Waals surface area contributed by atoms with Crippen molar-refractivity contribution in [3.63, 3.8) is 0 Å². The molecule has 0 aliphatic rings. The first-order valence-electron chi connectivity index (χ1n) is 6.74. The van der Waals surface area contributed by atoms with Crippen LogP contribution in [0.25, 0.3) is 11.3 Å². The lowest BCUT2D eigenvalue weighted by atomic mass is 10.1. The monoisotopic (exact) mass is 311 g/mol. The molecule has 3 aromatic rings. The predicted molar refractivity (Wildman–Crippen MR) is 81.7 cm³/mol. The second-order valence-electron chi connectivity index (χ2n) is 4.84. The largest absolute Gasteiger partial charge is 0.368 e. The average Bonchev–Trinajstić information content (AvgIpc) is 2.55. The molecule has 0 saturated heterocycles. The molecule has 0 saturated carbocycles. The molecule has 0 spiro atoms. The van der Waals surface area contributed by atoms with Gasteiger partial charge >= 0.3 is 0 Å². The molecule has 0 aliphatic carbocycles. The van der Waals surface area contributed by atoms with E-state index < -0.39 is 11.6 Å². The summed E-state index contributed by atoms with van der Waals surface area (Å²) in [5.41, 5.74) is 7.04. The van der Waals surface area contributed by atoms with Crippen LogP contribution in [0.5, 0.6) is 0 Å². The highest BCUT2D eigenvalue weighted by Crippen LogP contribution is 2.20. The molecule has 0 bridgehead atoms. The van der Waals surface area contributed by atoms with E-state index in [0.717, 1.165) is 0 Å². The number of halogens is 2. The molecule has 114 valence electrons. The fourth-order valence-electron chi connectivity index (χ4n) is 2.10. The first-order chi connectivity index (χ1) is 11.0. The number of nitrogens with zero attached hydrogens (tertiary/aromatic N) is 2. The Bertz CT molecular complexity index is 862. The van der Waals surface area contributed by atoms with Gasteiger partial charge in [-0.2, -0.15) is 0 Å². The summed E-state index contributed by atoms with van der Waals surface area (Å²) >= 11 is 0. The Morgan fingerprint density at radius 2 is 1.43 bits per heavy atom. The molecule has 1 heterocycles. The molecule has 6 heteroatoms. The van der Waals surface area contributed by atoms with Gasteiger partial charge in [0.25, 0.3) is 0 Å². The van der Waals surface area contributed by atoms with Gasteiger partial charge in [0, 0.05) is 11.1 Å². The Morgan fingerprint density at radius 3 is 2.04 bits per heavy atom. The maximum absolute atomic E-state index is 13.0. The van der Waals surface area contributed by atoms with Crippen LogP contribution in [0.4, 0.5) is 14.7 Å².